The number of rotatable bonds is 5. The summed E-state index contributed by atoms with van der Waals surface area (Å²) in [5.74, 6) is -3.44. The van der Waals surface area contributed by atoms with Crippen LogP contribution in [-0.2, 0) is 9.59 Å². The maximum absolute atomic E-state index is 13.5. The molecule has 0 saturated heterocycles. The van der Waals surface area contributed by atoms with Crippen LogP contribution in [0, 0.1) is 11.6 Å². The van der Waals surface area contributed by atoms with E-state index in [-0.39, 0.29) is 11.1 Å². The van der Waals surface area contributed by atoms with E-state index in [1.165, 1.54) is 12.1 Å². The summed E-state index contributed by atoms with van der Waals surface area (Å²) in [5, 5.41) is 5.24. The normalized spacial score (nSPS) is 10.1. The highest BCUT2D eigenvalue weighted by Crippen LogP contribution is 2.16. The second kappa shape index (κ2) is 8.73. The van der Waals surface area contributed by atoms with Gasteiger partial charge in [-0.25, -0.2) is 8.78 Å². The van der Waals surface area contributed by atoms with Gasteiger partial charge in [-0.3, -0.25) is 9.59 Å². The number of nitrogens with one attached hydrogen (secondary N) is 2. The maximum Gasteiger partial charge on any atom is 0.261 e. The van der Waals surface area contributed by atoms with E-state index >= 15 is 0 Å². The monoisotopic (exact) mass is 378 g/mol. The number of halogens is 2. The van der Waals surface area contributed by atoms with E-state index < -0.39 is 23.4 Å². The molecule has 0 saturated carbocycles. The van der Waals surface area contributed by atoms with Gasteiger partial charge in [-0.15, -0.1) is 0 Å². The van der Waals surface area contributed by atoms with Gasteiger partial charge < -0.3 is 10.6 Å². The molecule has 2 N–H and O–H groups in total. The first-order valence-corrected chi connectivity index (χ1v) is 8.42. The Morgan fingerprint density at radius 1 is 0.679 bits per heavy atom. The molecule has 0 fully saturated rings. The largest absolute Gasteiger partial charge is 0.322 e. The molecule has 0 radical (unpaired) electrons. The topological polar surface area (TPSA) is 58.2 Å². The van der Waals surface area contributed by atoms with Crippen LogP contribution in [0.2, 0.25) is 0 Å². The molecule has 2 amide bonds. The van der Waals surface area contributed by atoms with Crippen molar-refractivity contribution in [3.63, 3.8) is 0 Å². The lowest BCUT2D eigenvalue weighted by molar-refractivity contribution is -0.118. The highest BCUT2D eigenvalue weighted by molar-refractivity contribution is 6.28. The van der Waals surface area contributed by atoms with Gasteiger partial charge in [0, 0.05) is 11.4 Å². The smallest absolute Gasteiger partial charge is 0.261 e. The van der Waals surface area contributed by atoms with Crippen molar-refractivity contribution in [3.05, 3.63) is 102 Å². The molecule has 140 valence electrons. The van der Waals surface area contributed by atoms with E-state index in [2.05, 4.69) is 10.6 Å². The van der Waals surface area contributed by atoms with E-state index in [0.29, 0.717) is 11.4 Å². The van der Waals surface area contributed by atoms with E-state index in [9.17, 15) is 18.4 Å². The molecule has 3 aromatic carbocycles. The molecular weight excluding hydrogens is 362 g/mol. The standard InChI is InChI=1S/C22H16F2N2O2/c23-19-12-11-15(14-20(19)24)13-18(21(27)25-16-7-3-1-4-8-16)22(28)26-17-9-5-2-6-10-17/h1-14H,(H,25,27)(H,26,28). The molecule has 4 nitrogen and oxygen atoms in total. The minimum absolute atomic E-state index is 0.181. The summed E-state index contributed by atoms with van der Waals surface area (Å²) in [4.78, 5) is 25.4. The van der Waals surface area contributed by atoms with Gasteiger partial charge in [0.1, 0.15) is 5.57 Å². The second-order valence-electron chi connectivity index (χ2n) is 5.87. The van der Waals surface area contributed by atoms with Crippen molar-refractivity contribution < 1.29 is 18.4 Å². The van der Waals surface area contributed by atoms with E-state index in [4.69, 9.17) is 0 Å². The molecule has 0 unspecified atom stereocenters. The number of benzene rings is 3. The summed E-state index contributed by atoms with van der Waals surface area (Å²) in [6, 6.07) is 20.3. The number of para-hydroxylation sites is 2. The third-order valence-corrected chi connectivity index (χ3v) is 3.81. The molecular formula is C22H16F2N2O2. The number of hydrogen-bond donors (Lipinski definition) is 2. The van der Waals surface area contributed by atoms with Crippen LogP contribution in [0.4, 0.5) is 20.2 Å². The van der Waals surface area contributed by atoms with E-state index in [1.807, 2.05) is 0 Å². The summed E-state index contributed by atoms with van der Waals surface area (Å²) in [6.07, 6.45) is 1.21. The fraction of sp³-hybridized carbons (Fsp3) is 0. The number of hydrogen-bond acceptors (Lipinski definition) is 2. The lowest BCUT2D eigenvalue weighted by atomic mass is 10.1. The van der Waals surface area contributed by atoms with Gasteiger partial charge in [0.2, 0.25) is 0 Å². The van der Waals surface area contributed by atoms with Crippen LogP contribution in [0.25, 0.3) is 6.08 Å². The molecule has 3 aromatic rings. The van der Waals surface area contributed by atoms with Gasteiger partial charge >= 0.3 is 0 Å². The molecule has 0 bridgehead atoms. The van der Waals surface area contributed by atoms with Crippen LogP contribution in [-0.4, -0.2) is 11.8 Å². The maximum atomic E-state index is 13.5. The number of amides is 2. The molecule has 0 spiro atoms. The predicted octanol–water partition coefficient (Wildman–Crippen LogP) is 4.63. The summed E-state index contributed by atoms with van der Waals surface area (Å²) < 4.78 is 26.7. The highest BCUT2D eigenvalue weighted by atomic mass is 19.2. The van der Waals surface area contributed by atoms with Gasteiger partial charge in [0.05, 0.1) is 0 Å². The van der Waals surface area contributed by atoms with Crippen LogP contribution in [0.1, 0.15) is 5.56 Å². The average molecular weight is 378 g/mol. The quantitative estimate of drug-likeness (QED) is 0.386. The Morgan fingerprint density at radius 2 is 1.18 bits per heavy atom. The lowest BCUT2D eigenvalue weighted by Crippen LogP contribution is -2.25. The lowest BCUT2D eigenvalue weighted by Gasteiger charge is -2.10. The third kappa shape index (κ3) is 4.88. The summed E-state index contributed by atoms with van der Waals surface area (Å²) >= 11 is 0. The zero-order chi connectivity index (χ0) is 19.9. The van der Waals surface area contributed by atoms with Gasteiger partial charge in [-0.2, -0.15) is 0 Å². The summed E-state index contributed by atoms with van der Waals surface area (Å²) in [7, 11) is 0. The van der Waals surface area contributed by atoms with Crippen LogP contribution in [0.3, 0.4) is 0 Å². The summed E-state index contributed by atoms with van der Waals surface area (Å²) in [5.41, 5.74) is 0.923. The molecule has 0 heterocycles. The fourth-order valence-corrected chi connectivity index (χ4v) is 2.44. The van der Waals surface area contributed by atoms with Gasteiger partial charge in [-0.05, 0) is 48.0 Å². The first-order chi connectivity index (χ1) is 13.5. The van der Waals surface area contributed by atoms with Crippen LogP contribution >= 0.6 is 0 Å². The Morgan fingerprint density at radius 3 is 1.64 bits per heavy atom. The predicted molar refractivity (Wildman–Crippen MR) is 104 cm³/mol. The van der Waals surface area contributed by atoms with Crippen molar-refractivity contribution in [2.45, 2.75) is 0 Å². The molecule has 0 aliphatic heterocycles. The Kier molecular flexibility index (Phi) is 5.91. The van der Waals surface area contributed by atoms with Gasteiger partial charge in [0.25, 0.3) is 11.8 Å². The molecule has 0 aliphatic rings. The number of carbonyl (C=O) groups is 2. The van der Waals surface area contributed by atoms with Crippen molar-refractivity contribution >= 4 is 29.3 Å². The Bertz CT molecular complexity index is 964. The van der Waals surface area contributed by atoms with Crippen LogP contribution in [0.15, 0.2) is 84.4 Å². The van der Waals surface area contributed by atoms with Gasteiger partial charge in [0.15, 0.2) is 11.6 Å². The molecule has 0 aliphatic carbocycles. The second-order valence-corrected chi connectivity index (χ2v) is 5.87. The first-order valence-electron chi connectivity index (χ1n) is 8.42. The number of carbonyl (C=O) groups excluding carboxylic acids is 2. The Labute approximate surface area is 160 Å². The Hall–Kier alpha value is -3.80. The average Bonchev–Trinajstić information content (AvgIpc) is 2.70. The van der Waals surface area contributed by atoms with Crippen molar-refractivity contribution in [2.75, 3.05) is 10.6 Å². The minimum atomic E-state index is -1.07. The fourth-order valence-electron chi connectivity index (χ4n) is 2.44. The van der Waals surface area contributed by atoms with E-state index in [0.717, 1.165) is 12.1 Å². The van der Waals surface area contributed by atoms with Crippen LogP contribution in [0.5, 0.6) is 0 Å². The third-order valence-electron chi connectivity index (χ3n) is 3.81. The van der Waals surface area contributed by atoms with Crippen molar-refractivity contribution in [1.82, 2.24) is 0 Å². The first kappa shape index (κ1) is 19.0. The molecule has 6 heteroatoms. The minimum Gasteiger partial charge on any atom is -0.322 e. The molecule has 3 rings (SSSR count). The van der Waals surface area contributed by atoms with Crippen molar-refractivity contribution in [3.8, 4) is 0 Å². The van der Waals surface area contributed by atoms with Crippen molar-refractivity contribution in [2.24, 2.45) is 0 Å². The van der Waals surface area contributed by atoms with Gasteiger partial charge in [-0.1, -0.05) is 42.5 Å². The Balaban J connectivity index is 1.92. The highest BCUT2D eigenvalue weighted by Gasteiger charge is 2.19. The molecule has 0 atom stereocenters. The van der Waals surface area contributed by atoms with Crippen LogP contribution < -0.4 is 10.6 Å². The SMILES string of the molecule is O=C(Nc1ccccc1)C(=Cc1ccc(F)c(F)c1)C(=O)Nc1ccccc1. The number of anilines is 2. The zero-order valence-corrected chi connectivity index (χ0v) is 14.7. The van der Waals surface area contributed by atoms with Crippen molar-refractivity contribution in [1.29, 1.82) is 0 Å². The van der Waals surface area contributed by atoms with E-state index in [1.54, 1.807) is 60.7 Å². The summed E-state index contributed by atoms with van der Waals surface area (Å²) in [6.45, 7) is 0. The molecule has 28 heavy (non-hydrogen) atoms. The zero-order valence-electron chi connectivity index (χ0n) is 14.7. The molecule has 0 aromatic heterocycles.